The van der Waals surface area contributed by atoms with Crippen molar-refractivity contribution in [3.63, 3.8) is 0 Å². The van der Waals surface area contributed by atoms with Gasteiger partial charge < -0.3 is 0 Å². The van der Waals surface area contributed by atoms with E-state index in [1.165, 1.54) is 39.0 Å². The first-order valence-electron chi connectivity index (χ1n) is 11.1. The summed E-state index contributed by atoms with van der Waals surface area (Å²) in [5.41, 5.74) is 1.16. The molecule has 28 heavy (non-hydrogen) atoms. The van der Waals surface area contributed by atoms with Crippen LogP contribution in [0.3, 0.4) is 0 Å². The molecule has 0 radical (unpaired) electrons. The average molecular weight is 490 g/mol. The van der Waals surface area contributed by atoms with Gasteiger partial charge >= 0.3 is 172 Å². The van der Waals surface area contributed by atoms with Crippen LogP contribution < -0.4 is 0 Å². The summed E-state index contributed by atoms with van der Waals surface area (Å²) >= 11 is -5.28. The van der Waals surface area contributed by atoms with Crippen molar-refractivity contribution in [1.29, 1.82) is 0 Å². The normalized spacial score (nSPS) is 17.7. The van der Waals surface area contributed by atoms with Crippen LogP contribution in [-0.4, -0.2) is 10.8 Å². The van der Waals surface area contributed by atoms with Gasteiger partial charge in [0.05, 0.1) is 0 Å². The van der Waals surface area contributed by atoms with Crippen LogP contribution in [0.2, 0.25) is 4.13 Å². The molecular weight excluding hydrogens is 453 g/mol. The van der Waals surface area contributed by atoms with Crippen molar-refractivity contribution in [1.82, 2.24) is 0 Å². The number of unbranched alkanes of at least 4 members (excludes halogenated alkanes) is 6. The molecule has 0 atom stereocenters. The molecule has 0 fully saturated rings. The molecule has 0 heterocycles. The fraction of sp³-hybridized carbons (Fsp3) is 0.652. The Bertz CT molecular complexity index is 725. The van der Waals surface area contributed by atoms with Gasteiger partial charge in [0.25, 0.3) is 0 Å². The van der Waals surface area contributed by atoms with Gasteiger partial charge in [0.1, 0.15) is 0 Å². The molecule has 2 aliphatic rings. The van der Waals surface area contributed by atoms with E-state index in [-0.39, 0.29) is 0 Å². The molecular formula is C23H37F3SiZr. The molecule has 0 aliphatic heterocycles. The van der Waals surface area contributed by atoms with Gasteiger partial charge in [-0.1, -0.05) is 0 Å². The van der Waals surface area contributed by atoms with E-state index in [9.17, 15) is 13.2 Å². The Hall–Kier alpha value is -0.150. The van der Waals surface area contributed by atoms with E-state index < -0.39 is 21.3 Å². The van der Waals surface area contributed by atoms with Crippen LogP contribution in [-0.2, 0) is 17.4 Å². The van der Waals surface area contributed by atoms with Crippen molar-refractivity contribution in [2.45, 2.75) is 92.5 Å². The summed E-state index contributed by atoms with van der Waals surface area (Å²) in [5, 5.41) is 0. The molecule has 2 aliphatic carbocycles. The minimum atomic E-state index is -5.28. The van der Waals surface area contributed by atoms with Gasteiger partial charge in [-0.2, -0.15) is 0 Å². The molecule has 0 saturated heterocycles. The summed E-state index contributed by atoms with van der Waals surface area (Å²) in [5.74, 6) is 0. The molecule has 2 rings (SSSR count). The van der Waals surface area contributed by atoms with E-state index in [4.69, 9.17) is 0 Å². The summed E-state index contributed by atoms with van der Waals surface area (Å²) in [7, 11) is 0. The fourth-order valence-electron chi connectivity index (χ4n) is 4.78. The molecule has 0 aromatic carbocycles. The van der Waals surface area contributed by atoms with Crippen LogP contribution >= 0.6 is 0 Å². The second-order valence-corrected chi connectivity index (χ2v) is 32.1. The predicted octanol–water partition coefficient (Wildman–Crippen LogP) is 7.77. The summed E-state index contributed by atoms with van der Waals surface area (Å²) in [6, 6.07) is 0. The van der Waals surface area contributed by atoms with E-state index in [1.54, 1.807) is 0 Å². The topological polar surface area (TPSA) is 0 Å². The second-order valence-electron chi connectivity index (χ2n) is 8.78. The molecule has 0 aromatic heterocycles. The van der Waals surface area contributed by atoms with Crippen molar-refractivity contribution < 1.29 is 30.6 Å². The molecule has 0 N–H and O–H groups in total. The number of allylic oxidation sites excluding steroid dienone is 8. The van der Waals surface area contributed by atoms with E-state index in [2.05, 4.69) is 13.0 Å². The summed E-state index contributed by atoms with van der Waals surface area (Å²) < 4.78 is 42.5. The Morgan fingerprint density at radius 1 is 0.929 bits per heavy atom. The van der Waals surface area contributed by atoms with Crippen molar-refractivity contribution in [2.75, 3.05) is 0 Å². The summed E-state index contributed by atoms with van der Waals surface area (Å²) in [4.78, 5) is 0. The van der Waals surface area contributed by atoms with Crippen molar-refractivity contribution in [3.05, 3.63) is 42.5 Å². The zero-order valence-corrected chi connectivity index (χ0v) is 21.6. The molecule has 5 heteroatoms. The van der Waals surface area contributed by atoms with Crippen LogP contribution in [0.5, 0.6) is 0 Å². The van der Waals surface area contributed by atoms with Crippen LogP contribution in [0.25, 0.3) is 0 Å². The zero-order chi connectivity index (χ0) is 20.7. The molecule has 0 unspecified atom stereocenters. The third kappa shape index (κ3) is 4.77. The number of rotatable bonds is 12. The van der Waals surface area contributed by atoms with Gasteiger partial charge in [-0.3, -0.25) is 0 Å². The first kappa shape index (κ1) is 24.1. The average Bonchev–Trinajstić information content (AvgIpc) is 3.34. The van der Waals surface area contributed by atoms with Crippen LogP contribution in [0, 0.1) is 0 Å². The van der Waals surface area contributed by atoms with Crippen LogP contribution in [0.1, 0.15) is 84.5 Å². The molecule has 0 nitrogen and oxygen atoms in total. The Balaban J connectivity index is 2.22. The number of hydrogen-bond donors (Lipinski definition) is 0. The maximum atomic E-state index is 14.9. The molecule has 0 amide bonds. The van der Waals surface area contributed by atoms with Gasteiger partial charge in [-0.15, -0.1) is 0 Å². The molecule has 0 saturated carbocycles. The number of halogens is 3. The van der Waals surface area contributed by atoms with E-state index in [0.29, 0.717) is 23.4 Å². The molecule has 0 aromatic rings. The molecule has 0 spiro atoms. The predicted molar refractivity (Wildman–Crippen MR) is 115 cm³/mol. The first-order chi connectivity index (χ1) is 13.3. The summed E-state index contributed by atoms with van der Waals surface area (Å²) in [6.45, 7) is 5.62. The van der Waals surface area contributed by atoms with Gasteiger partial charge in [0, 0.05) is 0 Å². The molecule has 158 valence electrons. The Kier molecular flexibility index (Phi) is 8.83. The fourth-order valence-corrected chi connectivity index (χ4v) is 22.6. The Morgan fingerprint density at radius 3 is 2.21 bits per heavy atom. The second kappa shape index (κ2) is 10.2. The standard InChI is InChI=1S/C13H21.C5H5.C4H9.CF3.H2Si.Zr/c1-2-3-4-5-6-7-10-13-11-8-9-12-13;1-2-4-5-3-1;1-3-4-2;2-1(3)4;;/h11-12H,2-8,10H2,1H3;1-3H,4H2;1,3-4H2,2H3;;1H2;. The Morgan fingerprint density at radius 2 is 1.61 bits per heavy atom. The van der Waals surface area contributed by atoms with Gasteiger partial charge in [-0.05, 0) is 0 Å². The van der Waals surface area contributed by atoms with Gasteiger partial charge in [-0.25, -0.2) is 0 Å². The van der Waals surface area contributed by atoms with Crippen LogP contribution in [0.4, 0.5) is 13.2 Å². The van der Waals surface area contributed by atoms with Gasteiger partial charge in [0.15, 0.2) is 0 Å². The third-order valence-electron chi connectivity index (χ3n) is 6.85. The summed E-state index contributed by atoms with van der Waals surface area (Å²) in [6.07, 6.45) is 20.5. The van der Waals surface area contributed by atoms with Gasteiger partial charge in [0.2, 0.25) is 0 Å². The first-order valence-corrected chi connectivity index (χ1v) is 22.5. The van der Waals surface area contributed by atoms with Crippen molar-refractivity contribution >= 4 is 6.88 Å². The van der Waals surface area contributed by atoms with Crippen LogP contribution in [0.15, 0.2) is 42.5 Å². The molecule has 0 bridgehead atoms. The van der Waals surface area contributed by atoms with Crippen molar-refractivity contribution in [3.8, 4) is 0 Å². The number of hydrogen-bond acceptors (Lipinski definition) is 0. The van der Waals surface area contributed by atoms with E-state index >= 15 is 0 Å². The van der Waals surface area contributed by atoms with Crippen molar-refractivity contribution in [2.24, 2.45) is 0 Å². The number of alkyl halides is 3. The maximum absolute atomic E-state index is 14.9. The minimum absolute atomic E-state index is 0.358. The van der Waals surface area contributed by atoms with E-state index in [1.807, 2.05) is 31.2 Å². The zero-order valence-electron chi connectivity index (χ0n) is 17.7. The monoisotopic (exact) mass is 488 g/mol. The quantitative estimate of drug-likeness (QED) is 0.194. The third-order valence-corrected chi connectivity index (χ3v) is 33.0. The Labute approximate surface area is 171 Å². The van der Waals surface area contributed by atoms with E-state index in [0.717, 1.165) is 31.4 Å². The SMILES string of the molecule is CCCCCCCCC1=CC[C]([Zr](=[SiH2])([CH2]CCC)([C]2=CC=CC2)[C](F)(F)F)=C1.